The van der Waals surface area contributed by atoms with Crippen LogP contribution in [0, 0.1) is 5.82 Å². The number of halogens is 1. The van der Waals surface area contributed by atoms with Crippen LogP contribution in [0.15, 0.2) is 29.1 Å². The third-order valence-electron chi connectivity index (χ3n) is 4.84. The van der Waals surface area contributed by atoms with Gasteiger partial charge in [0.05, 0.1) is 5.56 Å². The summed E-state index contributed by atoms with van der Waals surface area (Å²) in [4.78, 5) is 43.5. The fourth-order valence-corrected chi connectivity index (χ4v) is 3.39. The second-order valence-corrected chi connectivity index (χ2v) is 6.65. The highest BCUT2D eigenvalue weighted by molar-refractivity contribution is 6.07. The third kappa shape index (κ3) is 3.34. The number of unbranched alkanes of at least 4 members (excludes halogenated alkanes) is 1. The van der Waals surface area contributed by atoms with Gasteiger partial charge in [0.1, 0.15) is 11.9 Å². The predicted octanol–water partition coefficient (Wildman–Crippen LogP) is 2.14. The highest BCUT2D eigenvalue weighted by Crippen LogP contribution is 2.23. The Hall–Kier alpha value is -2.70. The van der Waals surface area contributed by atoms with Crippen molar-refractivity contribution < 1.29 is 14.0 Å². The molecule has 0 spiro atoms. The fourth-order valence-electron chi connectivity index (χ4n) is 3.39. The van der Waals surface area contributed by atoms with Crippen molar-refractivity contribution in [2.75, 3.05) is 20.1 Å². The lowest BCUT2D eigenvalue weighted by Gasteiger charge is -2.39. The highest BCUT2D eigenvalue weighted by atomic mass is 19.1. The largest absolute Gasteiger partial charge is 0.342 e. The second kappa shape index (κ2) is 7.27. The SMILES string of the molecule is CCCC[C@@H]1C(=O)N(C)CCN1C(=O)c1cc(=O)[nH]c2ccc(F)cc12. The van der Waals surface area contributed by atoms with E-state index in [1.807, 2.05) is 6.92 Å². The maximum Gasteiger partial charge on any atom is 0.255 e. The van der Waals surface area contributed by atoms with Crippen molar-refractivity contribution >= 4 is 22.7 Å². The van der Waals surface area contributed by atoms with Gasteiger partial charge in [-0.3, -0.25) is 14.4 Å². The molecule has 2 amide bonds. The molecule has 2 aromatic rings. The van der Waals surface area contributed by atoms with Crippen LogP contribution in [0.2, 0.25) is 0 Å². The van der Waals surface area contributed by atoms with Gasteiger partial charge in [-0.2, -0.15) is 0 Å². The number of hydrogen-bond donors (Lipinski definition) is 1. The monoisotopic (exact) mass is 359 g/mol. The van der Waals surface area contributed by atoms with Crippen molar-refractivity contribution in [2.24, 2.45) is 0 Å². The summed E-state index contributed by atoms with van der Waals surface area (Å²) in [7, 11) is 1.72. The van der Waals surface area contributed by atoms with Gasteiger partial charge in [-0.1, -0.05) is 19.8 Å². The van der Waals surface area contributed by atoms with Crippen LogP contribution in [0.25, 0.3) is 10.9 Å². The van der Waals surface area contributed by atoms with Crippen LogP contribution in [-0.2, 0) is 4.79 Å². The number of carbonyl (C=O) groups excluding carboxylic acids is 2. The molecular formula is C19H22FN3O3. The van der Waals surface area contributed by atoms with Gasteiger partial charge in [-0.25, -0.2) is 4.39 Å². The van der Waals surface area contributed by atoms with E-state index in [2.05, 4.69) is 4.98 Å². The lowest BCUT2D eigenvalue weighted by atomic mass is 10.0. The summed E-state index contributed by atoms with van der Waals surface area (Å²) < 4.78 is 13.7. The number of nitrogens with one attached hydrogen (secondary N) is 1. The van der Waals surface area contributed by atoms with Crippen LogP contribution in [0.1, 0.15) is 36.5 Å². The molecule has 0 unspecified atom stereocenters. The molecule has 0 bridgehead atoms. The molecule has 1 atom stereocenters. The molecule has 26 heavy (non-hydrogen) atoms. The molecule has 1 saturated heterocycles. The number of aromatic amines is 1. The summed E-state index contributed by atoms with van der Waals surface area (Å²) in [5.74, 6) is -0.997. The topological polar surface area (TPSA) is 73.5 Å². The molecule has 1 aromatic carbocycles. The first-order chi connectivity index (χ1) is 12.4. The van der Waals surface area contributed by atoms with Gasteiger partial charge in [0, 0.05) is 37.1 Å². The number of benzene rings is 1. The summed E-state index contributed by atoms with van der Waals surface area (Å²) in [5, 5.41) is 0.343. The fraction of sp³-hybridized carbons (Fsp3) is 0.421. The molecule has 0 radical (unpaired) electrons. The molecule has 3 rings (SSSR count). The van der Waals surface area contributed by atoms with Gasteiger partial charge in [0.15, 0.2) is 0 Å². The summed E-state index contributed by atoms with van der Waals surface area (Å²) in [6, 6.07) is 4.54. The number of piperazine rings is 1. The van der Waals surface area contributed by atoms with E-state index >= 15 is 0 Å². The van der Waals surface area contributed by atoms with E-state index in [1.54, 1.807) is 11.9 Å². The number of aromatic nitrogens is 1. The average Bonchev–Trinajstić information content (AvgIpc) is 2.62. The van der Waals surface area contributed by atoms with Crippen molar-refractivity contribution in [3.63, 3.8) is 0 Å². The van der Waals surface area contributed by atoms with Crippen LogP contribution >= 0.6 is 0 Å². The van der Waals surface area contributed by atoms with Crippen molar-refractivity contribution in [1.29, 1.82) is 0 Å². The number of pyridine rings is 1. The lowest BCUT2D eigenvalue weighted by Crippen LogP contribution is -2.57. The Bertz CT molecular complexity index is 909. The maximum atomic E-state index is 13.7. The smallest absolute Gasteiger partial charge is 0.255 e. The molecule has 0 aliphatic carbocycles. The minimum absolute atomic E-state index is 0.0987. The van der Waals surface area contributed by atoms with Crippen LogP contribution < -0.4 is 5.56 Å². The Balaban J connectivity index is 2.04. The molecule has 1 aliphatic rings. The van der Waals surface area contributed by atoms with Gasteiger partial charge < -0.3 is 14.8 Å². The Morgan fingerprint density at radius 1 is 1.27 bits per heavy atom. The molecule has 1 N–H and O–H groups in total. The molecule has 6 nitrogen and oxygen atoms in total. The van der Waals surface area contributed by atoms with E-state index in [9.17, 15) is 18.8 Å². The Morgan fingerprint density at radius 3 is 2.77 bits per heavy atom. The summed E-state index contributed by atoms with van der Waals surface area (Å²) >= 11 is 0. The van der Waals surface area contributed by atoms with E-state index < -0.39 is 23.3 Å². The van der Waals surface area contributed by atoms with Gasteiger partial charge in [0.2, 0.25) is 11.5 Å². The Labute approximate surface area is 150 Å². The van der Waals surface area contributed by atoms with E-state index in [4.69, 9.17) is 0 Å². The van der Waals surface area contributed by atoms with E-state index in [-0.39, 0.29) is 11.5 Å². The summed E-state index contributed by atoms with van der Waals surface area (Å²) in [6.07, 6.45) is 2.30. The molecule has 2 heterocycles. The van der Waals surface area contributed by atoms with Crippen LogP contribution in [0.5, 0.6) is 0 Å². The minimum atomic E-state index is -0.552. The first kappa shape index (κ1) is 18.1. The predicted molar refractivity (Wildman–Crippen MR) is 96.5 cm³/mol. The number of H-pyrrole nitrogens is 1. The highest BCUT2D eigenvalue weighted by Gasteiger charge is 2.36. The minimum Gasteiger partial charge on any atom is -0.342 e. The van der Waals surface area contributed by atoms with E-state index in [1.165, 1.54) is 29.2 Å². The quantitative estimate of drug-likeness (QED) is 0.909. The third-order valence-corrected chi connectivity index (χ3v) is 4.84. The normalized spacial score (nSPS) is 17.8. The van der Waals surface area contributed by atoms with Gasteiger partial charge in [-0.05, 0) is 24.6 Å². The molecule has 0 saturated carbocycles. The van der Waals surface area contributed by atoms with Gasteiger partial charge in [-0.15, -0.1) is 0 Å². The average molecular weight is 359 g/mol. The number of likely N-dealkylation sites (N-methyl/N-ethyl adjacent to an activating group) is 1. The molecule has 1 aliphatic heterocycles. The number of hydrogen-bond acceptors (Lipinski definition) is 3. The zero-order valence-corrected chi connectivity index (χ0v) is 14.9. The van der Waals surface area contributed by atoms with E-state index in [0.717, 1.165) is 12.8 Å². The van der Waals surface area contributed by atoms with Crippen LogP contribution in [0.4, 0.5) is 4.39 Å². The lowest BCUT2D eigenvalue weighted by molar-refractivity contribution is -0.138. The maximum absolute atomic E-state index is 13.7. The zero-order valence-electron chi connectivity index (χ0n) is 14.9. The Kier molecular flexibility index (Phi) is 5.06. The number of carbonyl (C=O) groups is 2. The number of fused-ring (bicyclic) bond motifs is 1. The first-order valence-electron chi connectivity index (χ1n) is 8.81. The summed E-state index contributed by atoms with van der Waals surface area (Å²) in [5.41, 5.74) is 0.0907. The molecule has 7 heteroatoms. The number of rotatable bonds is 4. The standard InChI is InChI=1S/C19H22FN3O3/c1-3-4-5-16-19(26)22(2)8-9-23(16)18(25)14-11-17(24)21-15-7-6-12(20)10-13(14)15/h6-7,10-11,16H,3-5,8-9H2,1-2H3,(H,21,24)/t16-/m1/s1. The second-order valence-electron chi connectivity index (χ2n) is 6.65. The molecule has 1 fully saturated rings. The number of amides is 2. The van der Waals surface area contributed by atoms with Crippen LogP contribution in [-0.4, -0.2) is 52.8 Å². The van der Waals surface area contributed by atoms with E-state index in [0.29, 0.717) is 30.4 Å². The zero-order chi connectivity index (χ0) is 18.8. The molecule has 1 aromatic heterocycles. The van der Waals surface area contributed by atoms with Crippen molar-refractivity contribution in [3.05, 3.63) is 46.0 Å². The van der Waals surface area contributed by atoms with Crippen LogP contribution in [0.3, 0.4) is 0 Å². The first-order valence-corrected chi connectivity index (χ1v) is 8.81. The Morgan fingerprint density at radius 2 is 2.04 bits per heavy atom. The number of nitrogens with zero attached hydrogens (tertiary/aromatic N) is 2. The molecular weight excluding hydrogens is 337 g/mol. The summed E-state index contributed by atoms with van der Waals surface area (Å²) in [6.45, 7) is 2.85. The van der Waals surface area contributed by atoms with Crippen molar-refractivity contribution in [1.82, 2.24) is 14.8 Å². The van der Waals surface area contributed by atoms with Gasteiger partial charge in [0.25, 0.3) is 5.91 Å². The van der Waals surface area contributed by atoms with Crippen molar-refractivity contribution in [3.8, 4) is 0 Å². The molecule has 138 valence electrons. The van der Waals surface area contributed by atoms with Gasteiger partial charge >= 0.3 is 0 Å². The van der Waals surface area contributed by atoms with Crippen molar-refractivity contribution in [2.45, 2.75) is 32.2 Å².